The van der Waals surface area contributed by atoms with Crippen molar-refractivity contribution >= 4 is 22.8 Å². The van der Waals surface area contributed by atoms with Crippen LogP contribution in [0.15, 0.2) is 23.0 Å². The first-order valence-electron chi connectivity index (χ1n) is 11.5. The number of carbonyl (C=O) groups excluding carboxylic acids is 2. The van der Waals surface area contributed by atoms with E-state index in [-0.39, 0.29) is 23.9 Å². The molecule has 3 fully saturated rings. The molecular weight excluding hydrogens is 394 g/mol. The largest absolute Gasteiger partial charge is 0.329 e. The first kappa shape index (κ1) is 20.5. The molecule has 3 saturated heterocycles. The van der Waals surface area contributed by atoms with Crippen LogP contribution in [0.25, 0.3) is 11.0 Å². The number of aryl methyl sites for hydroxylation is 1. The molecule has 166 valence electrons. The number of likely N-dealkylation sites (tertiary alicyclic amines) is 1. The summed E-state index contributed by atoms with van der Waals surface area (Å²) >= 11 is 0. The van der Waals surface area contributed by atoms with Gasteiger partial charge in [0.15, 0.2) is 0 Å². The van der Waals surface area contributed by atoms with Gasteiger partial charge in [0, 0.05) is 19.5 Å². The van der Waals surface area contributed by atoms with Gasteiger partial charge in [-0.25, -0.2) is 4.79 Å². The summed E-state index contributed by atoms with van der Waals surface area (Å²) in [5, 5.41) is 5.82. The summed E-state index contributed by atoms with van der Waals surface area (Å²) in [6, 6.07) is 6.31. The van der Waals surface area contributed by atoms with Gasteiger partial charge in [-0.3, -0.25) is 24.0 Å². The van der Waals surface area contributed by atoms with Crippen LogP contribution in [0.3, 0.4) is 0 Å². The minimum absolute atomic E-state index is 0.206. The molecular formula is C23H31N5O3. The standard InChI is InChI=1S/C23H31N5O3/c1-26-20-14-16(15-8-12-27(13-9-15)17-6-10-24-11-7-17)2-3-18(20)28(23(26)31)19-4-5-21(29)25-22(19)30/h2-3,14-15,17,19,24H,4-13H2,1H3,(H,25,29,30). The highest BCUT2D eigenvalue weighted by Crippen LogP contribution is 2.32. The third kappa shape index (κ3) is 3.72. The van der Waals surface area contributed by atoms with Crippen molar-refractivity contribution in [2.75, 3.05) is 26.2 Å². The lowest BCUT2D eigenvalue weighted by Crippen LogP contribution is -2.46. The summed E-state index contributed by atoms with van der Waals surface area (Å²) < 4.78 is 3.19. The molecule has 8 heteroatoms. The van der Waals surface area contributed by atoms with Crippen molar-refractivity contribution in [1.29, 1.82) is 0 Å². The van der Waals surface area contributed by atoms with Gasteiger partial charge in [0.25, 0.3) is 0 Å². The SMILES string of the molecule is Cn1c(=O)n(C2CCC(=O)NC2=O)c2ccc(C3CCN(C4CCNCC4)CC3)cc21. The van der Waals surface area contributed by atoms with Gasteiger partial charge < -0.3 is 10.2 Å². The Kier molecular flexibility index (Phi) is 5.44. The van der Waals surface area contributed by atoms with Crippen molar-refractivity contribution in [3.63, 3.8) is 0 Å². The van der Waals surface area contributed by atoms with Crippen LogP contribution >= 0.6 is 0 Å². The summed E-state index contributed by atoms with van der Waals surface area (Å²) in [7, 11) is 1.76. The number of carbonyl (C=O) groups is 2. The van der Waals surface area contributed by atoms with E-state index in [1.807, 2.05) is 6.07 Å². The van der Waals surface area contributed by atoms with E-state index in [0.29, 0.717) is 18.4 Å². The van der Waals surface area contributed by atoms with Crippen LogP contribution in [-0.4, -0.2) is 58.1 Å². The smallest absolute Gasteiger partial charge is 0.317 e. The van der Waals surface area contributed by atoms with Gasteiger partial charge in [-0.05, 0) is 81.9 Å². The van der Waals surface area contributed by atoms with Crippen LogP contribution in [0.5, 0.6) is 0 Å². The average Bonchev–Trinajstić information content (AvgIpc) is 3.04. The second-order valence-corrected chi connectivity index (χ2v) is 9.22. The van der Waals surface area contributed by atoms with Crippen molar-refractivity contribution in [2.24, 2.45) is 7.05 Å². The third-order valence-corrected chi connectivity index (χ3v) is 7.46. The summed E-state index contributed by atoms with van der Waals surface area (Å²) in [6.07, 6.45) is 5.38. The molecule has 8 nitrogen and oxygen atoms in total. The fourth-order valence-electron chi connectivity index (χ4n) is 5.63. The number of nitrogens with one attached hydrogen (secondary N) is 2. The van der Waals surface area contributed by atoms with E-state index in [2.05, 4.69) is 27.7 Å². The van der Waals surface area contributed by atoms with E-state index in [4.69, 9.17) is 0 Å². The van der Waals surface area contributed by atoms with Crippen LogP contribution in [0, 0.1) is 0 Å². The van der Waals surface area contributed by atoms with Crippen LogP contribution in [-0.2, 0) is 16.6 Å². The zero-order valence-electron chi connectivity index (χ0n) is 18.1. The number of benzene rings is 1. The molecule has 0 spiro atoms. The highest BCUT2D eigenvalue weighted by molar-refractivity contribution is 6.00. The molecule has 1 aromatic carbocycles. The predicted octanol–water partition coefficient (Wildman–Crippen LogP) is 1.25. The Morgan fingerprint density at radius 3 is 2.39 bits per heavy atom. The molecule has 5 rings (SSSR count). The molecule has 31 heavy (non-hydrogen) atoms. The van der Waals surface area contributed by atoms with Crippen LogP contribution < -0.4 is 16.3 Å². The van der Waals surface area contributed by atoms with Gasteiger partial charge in [0.2, 0.25) is 11.8 Å². The van der Waals surface area contributed by atoms with Gasteiger partial charge in [0.1, 0.15) is 6.04 Å². The lowest BCUT2D eigenvalue weighted by atomic mass is 9.88. The molecule has 0 radical (unpaired) electrons. The van der Waals surface area contributed by atoms with Crippen molar-refractivity contribution in [2.45, 2.75) is 56.5 Å². The predicted molar refractivity (Wildman–Crippen MR) is 118 cm³/mol. The Bertz CT molecular complexity index is 1060. The molecule has 1 unspecified atom stereocenters. The second kappa shape index (κ2) is 8.24. The fourth-order valence-corrected chi connectivity index (χ4v) is 5.63. The van der Waals surface area contributed by atoms with Crippen molar-refractivity contribution in [3.8, 4) is 0 Å². The summed E-state index contributed by atoms with van der Waals surface area (Å²) in [4.78, 5) is 39.5. The van der Waals surface area contributed by atoms with E-state index >= 15 is 0 Å². The molecule has 2 aromatic rings. The topological polar surface area (TPSA) is 88.4 Å². The average molecular weight is 426 g/mol. The molecule has 0 saturated carbocycles. The zero-order chi connectivity index (χ0) is 21.5. The number of piperidine rings is 3. The number of nitrogens with zero attached hydrogens (tertiary/aromatic N) is 3. The van der Waals surface area contributed by atoms with Gasteiger partial charge in [-0.15, -0.1) is 0 Å². The molecule has 1 aromatic heterocycles. The Labute approximate surface area is 181 Å². The molecule has 4 heterocycles. The minimum atomic E-state index is -0.632. The fraction of sp³-hybridized carbons (Fsp3) is 0.609. The maximum atomic E-state index is 13.0. The van der Waals surface area contributed by atoms with E-state index in [1.54, 1.807) is 16.2 Å². The Balaban J connectivity index is 1.37. The molecule has 1 atom stereocenters. The Hall–Kier alpha value is -2.45. The van der Waals surface area contributed by atoms with Crippen molar-refractivity contribution in [1.82, 2.24) is 24.7 Å². The van der Waals surface area contributed by atoms with Crippen LogP contribution in [0.1, 0.15) is 56.0 Å². The van der Waals surface area contributed by atoms with E-state index in [1.165, 1.54) is 18.4 Å². The molecule has 3 aliphatic heterocycles. The first-order chi connectivity index (χ1) is 15.0. The van der Waals surface area contributed by atoms with Crippen LogP contribution in [0.2, 0.25) is 0 Å². The normalized spacial score (nSPS) is 24.6. The van der Waals surface area contributed by atoms with E-state index in [0.717, 1.165) is 50.1 Å². The summed E-state index contributed by atoms with van der Waals surface area (Å²) in [5.74, 6) is -0.163. The number of hydrogen-bond donors (Lipinski definition) is 2. The van der Waals surface area contributed by atoms with Crippen LogP contribution in [0.4, 0.5) is 0 Å². The highest BCUT2D eigenvalue weighted by Gasteiger charge is 2.32. The molecule has 0 aliphatic carbocycles. The number of amides is 2. The summed E-state index contributed by atoms with van der Waals surface area (Å²) in [5.41, 5.74) is 2.68. The Morgan fingerprint density at radius 2 is 1.68 bits per heavy atom. The maximum absolute atomic E-state index is 13.0. The maximum Gasteiger partial charge on any atom is 0.329 e. The number of imidazole rings is 1. The Morgan fingerprint density at radius 1 is 0.935 bits per heavy atom. The van der Waals surface area contributed by atoms with Gasteiger partial charge in [-0.2, -0.15) is 0 Å². The van der Waals surface area contributed by atoms with Gasteiger partial charge in [0.05, 0.1) is 11.0 Å². The molecule has 3 aliphatic rings. The lowest BCUT2D eigenvalue weighted by Gasteiger charge is -2.39. The molecule has 2 amide bonds. The molecule has 2 N–H and O–H groups in total. The van der Waals surface area contributed by atoms with Crippen molar-refractivity contribution < 1.29 is 9.59 Å². The zero-order valence-corrected chi connectivity index (χ0v) is 18.1. The first-order valence-corrected chi connectivity index (χ1v) is 11.5. The monoisotopic (exact) mass is 425 g/mol. The lowest BCUT2D eigenvalue weighted by molar-refractivity contribution is -0.135. The van der Waals surface area contributed by atoms with Gasteiger partial charge >= 0.3 is 5.69 Å². The number of fused-ring (bicyclic) bond motifs is 1. The summed E-state index contributed by atoms with van der Waals surface area (Å²) in [6.45, 7) is 4.51. The quantitative estimate of drug-likeness (QED) is 0.723. The highest BCUT2D eigenvalue weighted by atomic mass is 16.2. The van der Waals surface area contributed by atoms with E-state index in [9.17, 15) is 14.4 Å². The van der Waals surface area contributed by atoms with E-state index < -0.39 is 6.04 Å². The van der Waals surface area contributed by atoms with Gasteiger partial charge in [-0.1, -0.05) is 6.07 Å². The number of rotatable bonds is 3. The third-order valence-electron chi connectivity index (χ3n) is 7.46. The molecule has 0 bridgehead atoms. The second-order valence-electron chi connectivity index (χ2n) is 9.22. The number of aromatic nitrogens is 2. The number of imide groups is 1. The van der Waals surface area contributed by atoms with Crippen molar-refractivity contribution in [3.05, 3.63) is 34.2 Å². The minimum Gasteiger partial charge on any atom is -0.317 e. The number of hydrogen-bond acceptors (Lipinski definition) is 5.